The SMILES string of the molecule is CN(C)Cc1cc(-c2ccc(O)c3c2CC2CC4CC(O)=C(C(N)=O)C(=O)C4C(O)=C2C3=O)ccc1F. The quantitative estimate of drug-likeness (QED) is 0.466. The van der Waals surface area contributed by atoms with Crippen LogP contribution in [0.15, 0.2) is 53.0 Å². The summed E-state index contributed by atoms with van der Waals surface area (Å²) in [4.78, 5) is 40.3. The number of Topliss-reactive ketones (excluding diaryl/α,β-unsaturated/α-hetero) is 2. The third-order valence-electron chi connectivity index (χ3n) is 7.61. The van der Waals surface area contributed by atoms with Crippen molar-refractivity contribution in [2.24, 2.45) is 23.5 Å². The number of ketones is 2. The van der Waals surface area contributed by atoms with E-state index in [1.54, 1.807) is 18.2 Å². The Kier molecular flexibility index (Phi) is 5.91. The summed E-state index contributed by atoms with van der Waals surface area (Å²) in [5, 5.41) is 32.1. The predicted octanol–water partition coefficient (Wildman–Crippen LogP) is 3.33. The number of benzene rings is 2. The Morgan fingerprint density at radius 2 is 1.84 bits per heavy atom. The normalized spacial score (nSPS) is 23.2. The fourth-order valence-electron chi connectivity index (χ4n) is 6.11. The first-order chi connectivity index (χ1) is 17.5. The molecule has 0 aromatic heterocycles. The van der Waals surface area contributed by atoms with Crippen molar-refractivity contribution in [2.75, 3.05) is 14.1 Å². The standard InChI is InChI=1S/C28H27FN2O6/c1-31(2)11-15-7-12(3-5-18(15)29)16-4-6-19(32)23-17(16)9-13-8-14-10-20(33)24(28(30)37)27(36)22(14)25(34)21(13)26(23)35/h3-7,13-14,22,32-34H,8-11H2,1-2H3,(H2,30,37). The van der Waals surface area contributed by atoms with E-state index >= 15 is 0 Å². The average molecular weight is 507 g/mol. The van der Waals surface area contributed by atoms with Crippen molar-refractivity contribution in [1.29, 1.82) is 0 Å². The molecule has 1 amide bonds. The van der Waals surface area contributed by atoms with Crippen molar-refractivity contribution in [2.45, 2.75) is 25.8 Å². The second-order valence-corrected chi connectivity index (χ2v) is 10.3. The van der Waals surface area contributed by atoms with Gasteiger partial charge in [0.2, 0.25) is 0 Å². The molecule has 9 heteroatoms. The zero-order chi connectivity index (χ0) is 26.8. The number of hydrogen-bond donors (Lipinski definition) is 4. The second-order valence-electron chi connectivity index (χ2n) is 10.3. The van der Waals surface area contributed by atoms with Crippen LogP contribution in [0.3, 0.4) is 0 Å². The van der Waals surface area contributed by atoms with Gasteiger partial charge in [0.1, 0.15) is 28.7 Å². The summed E-state index contributed by atoms with van der Waals surface area (Å²) in [6.07, 6.45) is 0.568. The van der Waals surface area contributed by atoms with Crippen LogP contribution in [0.1, 0.15) is 34.3 Å². The summed E-state index contributed by atoms with van der Waals surface area (Å²) >= 11 is 0. The summed E-state index contributed by atoms with van der Waals surface area (Å²) in [6, 6.07) is 7.80. The number of phenolic OH excluding ortho intramolecular Hbond substituents is 1. The molecule has 0 fully saturated rings. The Labute approximate surface area is 212 Å². The zero-order valence-corrected chi connectivity index (χ0v) is 20.4. The van der Waals surface area contributed by atoms with E-state index in [1.807, 2.05) is 19.0 Å². The van der Waals surface area contributed by atoms with Gasteiger partial charge in [-0.25, -0.2) is 4.39 Å². The van der Waals surface area contributed by atoms with Crippen LogP contribution in [0.5, 0.6) is 5.75 Å². The van der Waals surface area contributed by atoms with Crippen LogP contribution in [-0.4, -0.2) is 51.8 Å². The van der Waals surface area contributed by atoms with Crippen molar-refractivity contribution in [3.05, 3.63) is 75.5 Å². The number of aliphatic hydroxyl groups excluding tert-OH is 2. The molecular weight excluding hydrogens is 479 g/mol. The van der Waals surface area contributed by atoms with Gasteiger partial charge >= 0.3 is 0 Å². The third-order valence-corrected chi connectivity index (χ3v) is 7.61. The van der Waals surface area contributed by atoms with Crippen molar-refractivity contribution in [3.63, 3.8) is 0 Å². The second kappa shape index (κ2) is 8.85. The fourth-order valence-corrected chi connectivity index (χ4v) is 6.11. The monoisotopic (exact) mass is 506 g/mol. The minimum Gasteiger partial charge on any atom is -0.511 e. The molecule has 2 aromatic rings. The third kappa shape index (κ3) is 3.90. The number of hydrogen-bond acceptors (Lipinski definition) is 7. The maximum atomic E-state index is 14.4. The number of fused-ring (bicyclic) bond motifs is 3. The summed E-state index contributed by atoms with van der Waals surface area (Å²) in [5.74, 6) is -6.09. The number of aliphatic hydroxyl groups is 2. The number of carbonyl (C=O) groups excluding carboxylic acids is 3. The van der Waals surface area contributed by atoms with Gasteiger partial charge in [0.25, 0.3) is 5.91 Å². The minimum absolute atomic E-state index is 0.0255. The molecule has 37 heavy (non-hydrogen) atoms. The summed E-state index contributed by atoms with van der Waals surface area (Å²) in [7, 11) is 3.67. The highest BCUT2D eigenvalue weighted by molar-refractivity contribution is 6.22. The van der Waals surface area contributed by atoms with Crippen LogP contribution < -0.4 is 5.73 Å². The molecule has 0 aliphatic heterocycles. The van der Waals surface area contributed by atoms with Crippen LogP contribution in [0, 0.1) is 23.6 Å². The van der Waals surface area contributed by atoms with Gasteiger partial charge in [-0.1, -0.05) is 12.1 Å². The molecule has 3 aliphatic carbocycles. The summed E-state index contributed by atoms with van der Waals surface area (Å²) in [5.41, 5.74) is 7.20. The van der Waals surface area contributed by atoms with E-state index in [9.17, 15) is 34.1 Å². The van der Waals surface area contributed by atoms with Gasteiger partial charge in [-0.3, -0.25) is 14.4 Å². The van der Waals surface area contributed by atoms with E-state index in [4.69, 9.17) is 5.73 Å². The van der Waals surface area contributed by atoms with E-state index in [1.165, 1.54) is 12.1 Å². The average Bonchev–Trinajstić information content (AvgIpc) is 2.79. The lowest BCUT2D eigenvalue weighted by molar-refractivity contribution is -0.126. The Morgan fingerprint density at radius 3 is 2.51 bits per heavy atom. The number of aromatic hydroxyl groups is 1. The first kappa shape index (κ1) is 24.7. The van der Waals surface area contributed by atoms with E-state index in [0.717, 1.165) is 0 Å². The smallest absolute Gasteiger partial charge is 0.255 e. The van der Waals surface area contributed by atoms with Crippen LogP contribution >= 0.6 is 0 Å². The van der Waals surface area contributed by atoms with Crippen LogP contribution in [-0.2, 0) is 22.6 Å². The van der Waals surface area contributed by atoms with Crippen molar-refractivity contribution < 1.29 is 34.1 Å². The fraction of sp³-hybridized carbons (Fsp3) is 0.321. The van der Waals surface area contributed by atoms with Gasteiger partial charge in [0, 0.05) is 24.1 Å². The Hall–Kier alpha value is -3.98. The van der Waals surface area contributed by atoms with Gasteiger partial charge in [-0.15, -0.1) is 0 Å². The topological polar surface area (TPSA) is 141 Å². The van der Waals surface area contributed by atoms with Crippen LogP contribution in [0.4, 0.5) is 4.39 Å². The molecule has 192 valence electrons. The van der Waals surface area contributed by atoms with E-state index < -0.39 is 52.3 Å². The van der Waals surface area contributed by atoms with Gasteiger partial charge in [0.05, 0.1) is 11.5 Å². The predicted molar refractivity (Wildman–Crippen MR) is 132 cm³/mol. The van der Waals surface area contributed by atoms with Gasteiger partial charge in [0.15, 0.2) is 11.6 Å². The lowest BCUT2D eigenvalue weighted by atomic mass is 9.62. The molecule has 5 rings (SSSR count). The van der Waals surface area contributed by atoms with Crippen molar-refractivity contribution in [1.82, 2.24) is 4.90 Å². The molecule has 0 saturated heterocycles. The highest BCUT2D eigenvalue weighted by atomic mass is 19.1. The number of rotatable bonds is 4. The van der Waals surface area contributed by atoms with E-state index in [-0.39, 0.29) is 35.5 Å². The maximum absolute atomic E-state index is 14.4. The van der Waals surface area contributed by atoms with E-state index in [0.29, 0.717) is 35.2 Å². The largest absolute Gasteiger partial charge is 0.511 e. The Bertz CT molecular complexity index is 1440. The van der Waals surface area contributed by atoms with Gasteiger partial charge in [-0.2, -0.15) is 0 Å². The molecule has 3 aliphatic rings. The lowest BCUT2D eigenvalue weighted by Gasteiger charge is -2.41. The lowest BCUT2D eigenvalue weighted by Crippen LogP contribution is -2.43. The molecule has 0 saturated carbocycles. The Balaban J connectivity index is 1.62. The van der Waals surface area contributed by atoms with Gasteiger partial charge in [-0.05, 0) is 73.7 Å². The number of halogens is 1. The zero-order valence-electron chi connectivity index (χ0n) is 20.4. The molecule has 3 atom stereocenters. The molecule has 0 radical (unpaired) electrons. The number of nitrogens with two attached hydrogens (primary N) is 1. The number of allylic oxidation sites excluding steroid dienone is 3. The van der Waals surface area contributed by atoms with E-state index in [2.05, 4.69) is 0 Å². The first-order valence-corrected chi connectivity index (χ1v) is 12.0. The minimum atomic E-state index is -1.16. The van der Waals surface area contributed by atoms with Crippen molar-refractivity contribution in [3.8, 4) is 16.9 Å². The number of nitrogens with zero attached hydrogens (tertiary/aromatic N) is 1. The molecule has 0 spiro atoms. The molecule has 0 heterocycles. The maximum Gasteiger partial charge on any atom is 0.255 e. The van der Waals surface area contributed by atoms with Crippen LogP contribution in [0.2, 0.25) is 0 Å². The summed E-state index contributed by atoms with van der Waals surface area (Å²) < 4.78 is 14.4. The van der Waals surface area contributed by atoms with Gasteiger partial charge < -0.3 is 26.0 Å². The van der Waals surface area contributed by atoms with Crippen LogP contribution in [0.25, 0.3) is 11.1 Å². The molecule has 3 unspecified atom stereocenters. The molecule has 8 nitrogen and oxygen atoms in total. The number of amides is 1. The molecule has 0 bridgehead atoms. The molecular formula is C28H27FN2O6. The molecule has 5 N–H and O–H groups in total. The first-order valence-electron chi connectivity index (χ1n) is 12.0. The highest BCUT2D eigenvalue weighted by Gasteiger charge is 2.50. The highest BCUT2D eigenvalue weighted by Crippen LogP contribution is 2.50. The summed E-state index contributed by atoms with van der Waals surface area (Å²) in [6.45, 7) is 0.379. The van der Waals surface area contributed by atoms with Crippen molar-refractivity contribution >= 4 is 17.5 Å². The number of phenols is 1. The Morgan fingerprint density at radius 1 is 1.11 bits per heavy atom. The number of carbonyl (C=O) groups is 3. The molecule has 2 aromatic carbocycles. The number of primary amides is 1.